The monoisotopic (exact) mass is 218 g/mol. The number of hydrogen-bond donors (Lipinski definition) is 2. The van der Waals surface area contributed by atoms with Gasteiger partial charge in [0.1, 0.15) is 13.3 Å². The fourth-order valence-electron chi connectivity index (χ4n) is 0.622. The van der Waals surface area contributed by atoms with Gasteiger partial charge >= 0.3 is 5.97 Å². The number of hydrogen-bond acceptors (Lipinski definition) is 4. The number of nitrogens with zero attached hydrogens (tertiary/aromatic N) is 1. The Labute approximate surface area is 88.1 Å². The molecule has 0 amide bonds. The summed E-state index contributed by atoms with van der Waals surface area (Å²) in [6, 6.07) is 0. The standard InChI is InChI=1S/C8H14N2O3S/c1-6(2)7(12)13-4-3-10(5-11)8(9)14/h11H,1,3-5H2,2H3,(H2,9,14). The van der Waals surface area contributed by atoms with Gasteiger partial charge in [-0.25, -0.2) is 4.79 Å². The van der Waals surface area contributed by atoms with Crippen molar-refractivity contribution in [3.63, 3.8) is 0 Å². The first-order chi connectivity index (χ1) is 6.49. The summed E-state index contributed by atoms with van der Waals surface area (Å²) in [7, 11) is 0. The van der Waals surface area contributed by atoms with Gasteiger partial charge < -0.3 is 20.5 Å². The zero-order valence-electron chi connectivity index (χ0n) is 8.02. The zero-order chi connectivity index (χ0) is 11.1. The van der Waals surface area contributed by atoms with Gasteiger partial charge in [0.2, 0.25) is 0 Å². The third kappa shape index (κ3) is 4.78. The van der Waals surface area contributed by atoms with E-state index in [2.05, 4.69) is 18.8 Å². The molecule has 0 atom stereocenters. The first kappa shape index (κ1) is 12.9. The number of aliphatic hydroxyl groups excluding tert-OH is 1. The van der Waals surface area contributed by atoms with E-state index >= 15 is 0 Å². The lowest BCUT2D eigenvalue weighted by Crippen LogP contribution is -2.38. The molecule has 6 heteroatoms. The minimum absolute atomic E-state index is 0.0684. The van der Waals surface area contributed by atoms with Crippen LogP contribution in [0.15, 0.2) is 12.2 Å². The Balaban J connectivity index is 3.77. The number of ether oxygens (including phenoxy) is 1. The van der Waals surface area contributed by atoms with Crippen LogP contribution in [0.2, 0.25) is 0 Å². The lowest BCUT2D eigenvalue weighted by Gasteiger charge is -2.19. The predicted molar refractivity (Wildman–Crippen MR) is 56.4 cm³/mol. The van der Waals surface area contributed by atoms with Crippen molar-refractivity contribution in [3.05, 3.63) is 12.2 Å². The topological polar surface area (TPSA) is 75.8 Å². The van der Waals surface area contributed by atoms with Gasteiger partial charge in [0.05, 0.1) is 6.54 Å². The normalized spacial score (nSPS) is 9.29. The van der Waals surface area contributed by atoms with Gasteiger partial charge in [-0.15, -0.1) is 0 Å². The smallest absolute Gasteiger partial charge is 0.333 e. The lowest BCUT2D eigenvalue weighted by molar-refractivity contribution is -0.139. The van der Waals surface area contributed by atoms with Crippen LogP contribution in [0.25, 0.3) is 0 Å². The highest BCUT2D eigenvalue weighted by Crippen LogP contribution is 1.93. The molecule has 80 valence electrons. The van der Waals surface area contributed by atoms with Crippen molar-refractivity contribution in [1.29, 1.82) is 0 Å². The maximum Gasteiger partial charge on any atom is 0.333 e. The first-order valence-electron chi connectivity index (χ1n) is 3.97. The molecule has 0 fully saturated rings. The van der Waals surface area contributed by atoms with Crippen LogP contribution in [0.3, 0.4) is 0 Å². The van der Waals surface area contributed by atoms with Crippen molar-refractivity contribution in [1.82, 2.24) is 4.90 Å². The summed E-state index contributed by atoms with van der Waals surface area (Å²) >= 11 is 4.63. The van der Waals surface area contributed by atoms with Crippen LogP contribution in [0, 0.1) is 0 Å². The van der Waals surface area contributed by atoms with Crippen LogP contribution in [-0.2, 0) is 9.53 Å². The Bertz CT molecular complexity index is 243. The second kappa shape index (κ2) is 6.33. The van der Waals surface area contributed by atoms with Crippen molar-refractivity contribution < 1.29 is 14.6 Å². The van der Waals surface area contributed by atoms with Crippen LogP contribution in [-0.4, -0.2) is 41.0 Å². The summed E-state index contributed by atoms with van der Waals surface area (Å²) in [4.78, 5) is 12.2. The number of carbonyl (C=O) groups is 1. The van der Waals surface area contributed by atoms with Crippen LogP contribution in [0.4, 0.5) is 0 Å². The fraction of sp³-hybridized carbons (Fsp3) is 0.500. The minimum Gasteiger partial charge on any atom is -0.460 e. The second-order valence-electron chi connectivity index (χ2n) is 2.66. The number of rotatable bonds is 5. The van der Waals surface area contributed by atoms with Gasteiger partial charge in [-0.1, -0.05) is 6.58 Å². The highest BCUT2D eigenvalue weighted by molar-refractivity contribution is 7.80. The van der Waals surface area contributed by atoms with E-state index in [1.54, 1.807) is 6.92 Å². The number of carbonyl (C=O) groups excluding carboxylic acids is 1. The van der Waals surface area contributed by atoms with Crippen molar-refractivity contribution in [2.75, 3.05) is 19.9 Å². The minimum atomic E-state index is -0.467. The molecule has 0 aliphatic carbocycles. The van der Waals surface area contributed by atoms with Gasteiger partial charge in [0.25, 0.3) is 0 Å². The Morgan fingerprint density at radius 1 is 1.71 bits per heavy atom. The molecule has 14 heavy (non-hydrogen) atoms. The quantitative estimate of drug-likeness (QED) is 0.283. The second-order valence-corrected chi connectivity index (χ2v) is 3.08. The average Bonchev–Trinajstić information content (AvgIpc) is 2.11. The molecule has 0 rings (SSSR count). The Hall–Kier alpha value is -1.14. The highest BCUT2D eigenvalue weighted by Gasteiger charge is 2.06. The van der Waals surface area contributed by atoms with Gasteiger partial charge in [0.15, 0.2) is 5.11 Å². The third-order valence-corrected chi connectivity index (χ3v) is 1.68. The molecule has 0 bridgehead atoms. The summed E-state index contributed by atoms with van der Waals surface area (Å²) < 4.78 is 4.78. The summed E-state index contributed by atoms with van der Waals surface area (Å²) in [5.74, 6) is -0.467. The van der Waals surface area contributed by atoms with Crippen molar-refractivity contribution in [2.24, 2.45) is 5.73 Å². The van der Waals surface area contributed by atoms with Gasteiger partial charge in [-0.05, 0) is 19.1 Å². The molecule has 0 aromatic heterocycles. The van der Waals surface area contributed by atoms with Crippen LogP contribution in [0.5, 0.6) is 0 Å². The van der Waals surface area contributed by atoms with Gasteiger partial charge in [-0.3, -0.25) is 0 Å². The molecule has 0 unspecified atom stereocenters. The molecular weight excluding hydrogens is 204 g/mol. The SMILES string of the molecule is C=C(C)C(=O)OCCN(CO)C(N)=S. The molecule has 5 nitrogen and oxygen atoms in total. The predicted octanol–water partition coefficient (Wildman–Crippen LogP) is -0.399. The van der Waals surface area contributed by atoms with Crippen molar-refractivity contribution >= 4 is 23.3 Å². The van der Waals surface area contributed by atoms with E-state index in [0.717, 1.165) is 0 Å². The maximum absolute atomic E-state index is 10.9. The highest BCUT2D eigenvalue weighted by atomic mass is 32.1. The largest absolute Gasteiger partial charge is 0.460 e. The fourth-order valence-corrected chi connectivity index (χ4v) is 0.771. The van der Waals surface area contributed by atoms with Crippen molar-refractivity contribution in [3.8, 4) is 0 Å². The summed E-state index contributed by atoms with van der Waals surface area (Å²) in [5, 5.41) is 8.84. The summed E-state index contributed by atoms with van der Waals surface area (Å²) in [6.07, 6.45) is 0. The molecule has 0 saturated heterocycles. The molecule has 0 aromatic carbocycles. The lowest BCUT2D eigenvalue weighted by atomic mass is 10.4. The maximum atomic E-state index is 10.9. The summed E-state index contributed by atoms with van der Waals surface area (Å²) in [5.41, 5.74) is 5.59. The Morgan fingerprint density at radius 3 is 2.64 bits per heavy atom. The van der Waals surface area contributed by atoms with E-state index in [1.807, 2.05) is 0 Å². The van der Waals surface area contributed by atoms with E-state index in [1.165, 1.54) is 4.90 Å². The van der Waals surface area contributed by atoms with Crippen molar-refractivity contribution in [2.45, 2.75) is 6.92 Å². The third-order valence-electron chi connectivity index (χ3n) is 1.43. The van der Waals surface area contributed by atoms with Gasteiger partial charge in [-0.2, -0.15) is 0 Å². The van der Waals surface area contributed by atoms with E-state index in [-0.39, 0.29) is 25.0 Å². The summed E-state index contributed by atoms with van der Waals surface area (Å²) in [6.45, 7) is 5.07. The van der Waals surface area contributed by atoms with Crippen LogP contribution in [0.1, 0.15) is 6.92 Å². The molecule has 0 aromatic rings. The molecule has 0 heterocycles. The Morgan fingerprint density at radius 2 is 2.29 bits per heavy atom. The molecule has 0 spiro atoms. The molecular formula is C8H14N2O3S. The van der Waals surface area contributed by atoms with Gasteiger partial charge in [0, 0.05) is 5.57 Å². The average molecular weight is 218 g/mol. The Kier molecular flexibility index (Phi) is 5.82. The van der Waals surface area contributed by atoms with E-state index < -0.39 is 5.97 Å². The number of thiocarbonyl (C=S) groups is 1. The molecule has 3 N–H and O–H groups in total. The molecule has 0 radical (unpaired) electrons. The number of esters is 1. The van der Waals surface area contributed by atoms with Crippen LogP contribution < -0.4 is 5.73 Å². The van der Waals surface area contributed by atoms with E-state index in [4.69, 9.17) is 15.6 Å². The van der Waals surface area contributed by atoms with Crippen LogP contribution >= 0.6 is 12.2 Å². The molecule has 0 aliphatic heterocycles. The zero-order valence-corrected chi connectivity index (χ0v) is 8.84. The first-order valence-corrected chi connectivity index (χ1v) is 4.37. The van der Waals surface area contributed by atoms with E-state index in [9.17, 15) is 4.79 Å². The number of aliphatic hydroxyl groups is 1. The van der Waals surface area contributed by atoms with E-state index in [0.29, 0.717) is 5.57 Å². The number of nitrogens with two attached hydrogens (primary N) is 1. The molecule has 0 aliphatic rings. The molecule has 0 saturated carbocycles.